The number of rotatable bonds is 8. The number of ether oxygens (including phenoxy) is 1. The lowest BCUT2D eigenvalue weighted by atomic mass is 10.1. The Morgan fingerprint density at radius 2 is 1.97 bits per heavy atom. The van der Waals surface area contributed by atoms with Crippen molar-refractivity contribution in [3.63, 3.8) is 0 Å². The van der Waals surface area contributed by atoms with Gasteiger partial charge in [-0.1, -0.05) is 35.5 Å². The van der Waals surface area contributed by atoms with Gasteiger partial charge in [0.15, 0.2) is 6.61 Å². The fourth-order valence-electron chi connectivity index (χ4n) is 3.53. The number of nitrogens with one attached hydrogen (secondary N) is 1. The average Bonchev–Trinajstić information content (AvgIpc) is 3.40. The van der Waals surface area contributed by atoms with E-state index in [0.717, 1.165) is 18.5 Å². The number of aryl methyl sites for hydroxylation is 1. The van der Waals surface area contributed by atoms with Gasteiger partial charge in [-0.3, -0.25) is 9.59 Å². The molecular weight excluding hydrogens is 396 g/mol. The first-order chi connectivity index (χ1) is 15.1. The molecule has 0 radical (unpaired) electrons. The minimum absolute atomic E-state index is 0.133. The standard InChI is InChI=1S/C23H24N4O4/c1-16-24-21(26-31-16)15-30-19-11-9-18(10-12-19)23(29)25-20(17-6-3-2-4-7-17)14-27-13-5-8-22(27)28/h2-4,6-7,9-12,20H,5,8,13-15H2,1H3,(H,25,29)/t20-/m1/s1. The van der Waals surface area contributed by atoms with E-state index < -0.39 is 0 Å². The molecule has 31 heavy (non-hydrogen) atoms. The van der Waals surface area contributed by atoms with E-state index in [1.165, 1.54) is 0 Å². The Morgan fingerprint density at radius 1 is 1.19 bits per heavy atom. The normalized spacial score (nSPS) is 14.5. The monoisotopic (exact) mass is 420 g/mol. The summed E-state index contributed by atoms with van der Waals surface area (Å²) in [5.74, 6) is 1.46. The number of benzene rings is 2. The summed E-state index contributed by atoms with van der Waals surface area (Å²) in [6.45, 7) is 3.08. The second-order valence-electron chi connectivity index (χ2n) is 7.42. The van der Waals surface area contributed by atoms with Gasteiger partial charge in [-0.15, -0.1) is 0 Å². The highest BCUT2D eigenvalue weighted by molar-refractivity contribution is 5.94. The van der Waals surface area contributed by atoms with E-state index in [9.17, 15) is 9.59 Å². The van der Waals surface area contributed by atoms with E-state index in [4.69, 9.17) is 9.26 Å². The smallest absolute Gasteiger partial charge is 0.251 e. The maximum absolute atomic E-state index is 12.9. The van der Waals surface area contributed by atoms with Crippen LogP contribution in [0.2, 0.25) is 0 Å². The molecule has 1 saturated heterocycles. The highest BCUT2D eigenvalue weighted by Gasteiger charge is 2.25. The van der Waals surface area contributed by atoms with Crippen molar-refractivity contribution in [3.05, 3.63) is 77.4 Å². The zero-order chi connectivity index (χ0) is 21.6. The molecule has 3 aromatic rings. The van der Waals surface area contributed by atoms with E-state index >= 15 is 0 Å². The molecule has 4 rings (SSSR count). The number of hydrogen-bond donors (Lipinski definition) is 1. The van der Waals surface area contributed by atoms with Gasteiger partial charge >= 0.3 is 0 Å². The lowest BCUT2D eigenvalue weighted by Gasteiger charge is -2.25. The SMILES string of the molecule is Cc1nc(COc2ccc(C(=O)N[C@H](CN3CCCC3=O)c3ccccc3)cc2)no1. The van der Waals surface area contributed by atoms with Crippen molar-refractivity contribution in [1.29, 1.82) is 0 Å². The van der Waals surface area contributed by atoms with Crippen LogP contribution < -0.4 is 10.1 Å². The van der Waals surface area contributed by atoms with Gasteiger partial charge in [-0.05, 0) is 36.2 Å². The van der Waals surface area contributed by atoms with Crippen LogP contribution in [0, 0.1) is 6.92 Å². The zero-order valence-electron chi connectivity index (χ0n) is 17.3. The van der Waals surface area contributed by atoms with E-state index in [1.54, 1.807) is 31.2 Å². The summed E-state index contributed by atoms with van der Waals surface area (Å²) in [5.41, 5.74) is 1.47. The van der Waals surface area contributed by atoms with Crippen LogP contribution in [-0.4, -0.2) is 39.9 Å². The minimum atomic E-state index is -0.284. The number of carbonyl (C=O) groups is 2. The van der Waals surface area contributed by atoms with Crippen LogP contribution >= 0.6 is 0 Å². The summed E-state index contributed by atoms with van der Waals surface area (Å²) in [7, 11) is 0. The molecule has 0 unspecified atom stereocenters. The van der Waals surface area contributed by atoms with Gasteiger partial charge in [-0.2, -0.15) is 4.98 Å². The fourth-order valence-corrected chi connectivity index (χ4v) is 3.53. The Morgan fingerprint density at radius 3 is 2.61 bits per heavy atom. The van der Waals surface area contributed by atoms with Gasteiger partial charge in [0.2, 0.25) is 17.6 Å². The molecule has 1 atom stereocenters. The van der Waals surface area contributed by atoms with Crippen molar-refractivity contribution < 1.29 is 18.8 Å². The van der Waals surface area contributed by atoms with Crippen LogP contribution in [-0.2, 0) is 11.4 Å². The fraction of sp³-hybridized carbons (Fsp3) is 0.304. The van der Waals surface area contributed by atoms with Crippen LogP contribution in [0.1, 0.15) is 46.5 Å². The second kappa shape index (κ2) is 9.42. The quantitative estimate of drug-likeness (QED) is 0.602. The molecule has 8 nitrogen and oxygen atoms in total. The Labute approximate surface area is 180 Å². The molecule has 0 spiro atoms. The van der Waals surface area contributed by atoms with Gasteiger partial charge in [0.1, 0.15) is 5.75 Å². The summed E-state index contributed by atoms with van der Waals surface area (Å²) in [5, 5.41) is 6.85. The molecular formula is C23H24N4O4. The Balaban J connectivity index is 1.40. The van der Waals surface area contributed by atoms with Crippen molar-refractivity contribution >= 4 is 11.8 Å². The van der Waals surface area contributed by atoms with Crippen LogP contribution in [0.3, 0.4) is 0 Å². The first-order valence-electron chi connectivity index (χ1n) is 10.2. The van der Waals surface area contributed by atoms with Gasteiger partial charge in [0.05, 0.1) is 6.04 Å². The lowest BCUT2D eigenvalue weighted by molar-refractivity contribution is -0.128. The van der Waals surface area contributed by atoms with Gasteiger partial charge in [-0.25, -0.2) is 0 Å². The third kappa shape index (κ3) is 5.28. The van der Waals surface area contributed by atoms with E-state index in [0.29, 0.717) is 36.0 Å². The molecule has 1 aliphatic heterocycles. The van der Waals surface area contributed by atoms with Gasteiger partial charge in [0.25, 0.3) is 5.91 Å². The molecule has 1 N–H and O–H groups in total. The van der Waals surface area contributed by atoms with Crippen LogP contribution in [0.25, 0.3) is 0 Å². The minimum Gasteiger partial charge on any atom is -0.485 e. The number of nitrogens with zero attached hydrogens (tertiary/aromatic N) is 3. The number of aromatic nitrogens is 2. The Bertz CT molecular complexity index is 1030. The molecule has 1 aliphatic rings. The molecule has 0 bridgehead atoms. The maximum atomic E-state index is 12.9. The predicted molar refractivity (Wildman–Crippen MR) is 112 cm³/mol. The summed E-state index contributed by atoms with van der Waals surface area (Å²) in [4.78, 5) is 30.9. The maximum Gasteiger partial charge on any atom is 0.251 e. The topological polar surface area (TPSA) is 97.6 Å². The van der Waals surface area contributed by atoms with Crippen molar-refractivity contribution in [1.82, 2.24) is 20.4 Å². The average molecular weight is 420 g/mol. The number of likely N-dealkylation sites (tertiary alicyclic amines) is 1. The molecule has 2 heterocycles. The summed E-state index contributed by atoms with van der Waals surface area (Å²) in [6.07, 6.45) is 1.43. The predicted octanol–water partition coefficient (Wildman–Crippen LogP) is 3.05. The molecule has 0 aliphatic carbocycles. The third-order valence-electron chi connectivity index (χ3n) is 5.14. The first kappa shape index (κ1) is 20.6. The summed E-state index contributed by atoms with van der Waals surface area (Å²) >= 11 is 0. The van der Waals surface area contributed by atoms with Crippen molar-refractivity contribution in [2.75, 3.05) is 13.1 Å². The van der Waals surface area contributed by atoms with E-state index in [-0.39, 0.29) is 24.5 Å². The molecule has 2 amide bonds. The lowest BCUT2D eigenvalue weighted by Crippen LogP contribution is -2.38. The molecule has 8 heteroatoms. The van der Waals surface area contributed by atoms with E-state index in [1.807, 2.05) is 35.2 Å². The molecule has 2 aromatic carbocycles. The summed E-state index contributed by atoms with van der Waals surface area (Å²) < 4.78 is 10.5. The van der Waals surface area contributed by atoms with Crippen LogP contribution in [0.5, 0.6) is 5.75 Å². The Hall–Kier alpha value is -3.68. The number of hydrogen-bond acceptors (Lipinski definition) is 6. The van der Waals surface area contributed by atoms with Crippen LogP contribution in [0.4, 0.5) is 0 Å². The first-order valence-corrected chi connectivity index (χ1v) is 10.2. The number of amides is 2. The zero-order valence-corrected chi connectivity index (χ0v) is 17.3. The third-order valence-corrected chi connectivity index (χ3v) is 5.14. The Kier molecular flexibility index (Phi) is 6.26. The highest BCUT2D eigenvalue weighted by Crippen LogP contribution is 2.20. The molecule has 1 fully saturated rings. The van der Waals surface area contributed by atoms with Gasteiger partial charge < -0.3 is 19.5 Å². The van der Waals surface area contributed by atoms with Crippen LogP contribution in [0.15, 0.2) is 59.1 Å². The van der Waals surface area contributed by atoms with Crippen molar-refractivity contribution in [2.24, 2.45) is 0 Å². The largest absolute Gasteiger partial charge is 0.485 e. The number of carbonyl (C=O) groups excluding carboxylic acids is 2. The molecule has 0 saturated carbocycles. The molecule has 1 aromatic heterocycles. The second-order valence-corrected chi connectivity index (χ2v) is 7.42. The van der Waals surface area contributed by atoms with Crippen molar-refractivity contribution in [2.45, 2.75) is 32.4 Å². The van der Waals surface area contributed by atoms with Crippen molar-refractivity contribution in [3.8, 4) is 5.75 Å². The van der Waals surface area contributed by atoms with E-state index in [2.05, 4.69) is 15.5 Å². The molecule has 160 valence electrons. The highest BCUT2D eigenvalue weighted by atomic mass is 16.5. The summed E-state index contributed by atoms with van der Waals surface area (Å²) in [6, 6.07) is 16.3. The van der Waals surface area contributed by atoms with Gasteiger partial charge in [0, 0.05) is 32.0 Å².